The van der Waals surface area contributed by atoms with Crippen LogP contribution in [0.3, 0.4) is 0 Å². The predicted molar refractivity (Wildman–Crippen MR) is 85.2 cm³/mol. The fraction of sp³-hybridized carbons (Fsp3) is 0.188. The Bertz CT molecular complexity index is 887. The fourth-order valence-electron chi connectivity index (χ4n) is 2.25. The van der Waals surface area contributed by atoms with Crippen LogP contribution in [0.25, 0.3) is 11.2 Å². The molecule has 0 saturated heterocycles. The quantitative estimate of drug-likeness (QED) is 0.725. The Hall–Kier alpha value is -2.89. The van der Waals surface area contributed by atoms with Gasteiger partial charge in [-0.3, -0.25) is 4.79 Å². The third-order valence-electron chi connectivity index (χ3n) is 3.35. The zero-order valence-electron chi connectivity index (χ0n) is 12.3. The molecule has 3 N–H and O–H groups in total. The van der Waals surface area contributed by atoms with Crippen molar-refractivity contribution < 1.29 is 4.74 Å². The number of nitrogens with one attached hydrogen (secondary N) is 1. The van der Waals surface area contributed by atoms with Crippen molar-refractivity contribution in [1.29, 1.82) is 0 Å². The molecule has 3 aromatic rings. The third kappa shape index (κ3) is 2.63. The van der Waals surface area contributed by atoms with Gasteiger partial charge in [0.05, 0.1) is 6.20 Å². The van der Waals surface area contributed by atoms with Crippen molar-refractivity contribution in [1.82, 2.24) is 15.0 Å². The summed E-state index contributed by atoms with van der Waals surface area (Å²) in [5.74, 6) is 1.49. The van der Waals surface area contributed by atoms with E-state index in [1.54, 1.807) is 18.3 Å². The minimum Gasteiger partial charge on any atom is -0.455 e. The lowest BCUT2D eigenvalue weighted by atomic mass is 10.0. The second-order valence-electron chi connectivity index (χ2n) is 5.30. The van der Waals surface area contributed by atoms with E-state index in [9.17, 15) is 4.79 Å². The normalized spacial score (nSPS) is 11.0. The SMILES string of the molecule is CC(C)c1cc(Oc2ccnc3[nH]c(=O)cnc23)ccc1N. The summed E-state index contributed by atoms with van der Waals surface area (Å²) in [5, 5.41) is 0. The molecule has 6 nitrogen and oxygen atoms in total. The van der Waals surface area contributed by atoms with Gasteiger partial charge in [0.1, 0.15) is 11.3 Å². The maximum Gasteiger partial charge on any atom is 0.268 e. The van der Waals surface area contributed by atoms with E-state index in [1.807, 2.05) is 12.1 Å². The van der Waals surface area contributed by atoms with Crippen LogP contribution in [0, 0.1) is 0 Å². The number of ether oxygens (including phenoxy) is 1. The van der Waals surface area contributed by atoms with Gasteiger partial charge >= 0.3 is 0 Å². The van der Waals surface area contributed by atoms with Gasteiger partial charge in [0.2, 0.25) is 0 Å². The fourth-order valence-corrected chi connectivity index (χ4v) is 2.25. The van der Waals surface area contributed by atoms with Gasteiger partial charge < -0.3 is 15.5 Å². The van der Waals surface area contributed by atoms with Crippen molar-refractivity contribution in [2.24, 2.45) is 0 Å². The van der Waals surface area contributed by atoms with Crippen LogP contribution in [0.2, 0.25) is 0 Å². The van der Waals surface area contributed by atoms with Gasteiger partial charge in [-0.2, -0.15) is 0 Å². The Kier molecular flexibility index (Phi) is 3.50. The molecular weight excluding hydrogens is 280 g/mol. The molecule has 0 spiro atoms. The van der Waals surface area contributed by atoms with Gasteiger partial charge in [-0.25, -0.2) is 9.97 Å². The first-order valence-corrected chi connectivity index (χ1v) is 6.96. The average molecular weight is 296 g/mol. The molecule has 0 aliphatic rings. The smallest absolute Gasteiger partial charge is 0.268 e. The second kappa shape index (κ2) is 5.48. The van der Waals surface area contributed by atoms with E-state index in [4.69, 9.17) is 10.5 Å². The van der Waals surface area contributed by atoms with Crippen LogP contribution in [0.15, 0.2) is 41.5 Å². The number of aromatic nitrogens is 3. The molecule has 0 aliphatic heterocycles. The zero-order valence-corrected chi connectivity index (χ0v) is 12.3. The number of H-pyrrole nitrogens is 1. The molecule has 0 saturated carbocycles. The monoisotopic (exact) mass is 296 g/mol. The van der Waals surface area contributed by atoms with Gasteiger partial charge in [-0.1, -0.05) is 13.8 Å². The van der Waals surface area contributed by atoms with E-state index in [1.165, 1.54) is 6.20 Å². The first kappa shape index (κ1) is 14.1. The average Bonchev–Trinajstić information content (AvgIpc) is 2.49. The molecule has 22 heavy (non-hydrogen) atoms. The third-order valence-corrected chi connectivity index (χ3v) is 3.35. The van der Waals surface area contributed by atoms with Crippen LogP contribution in [-0.4, -0.2) is 15.0 Å². The molecule has 6 heteroatoms. The van der Waals surface area contributed by atoms with E-state index in [0.29, 0.717) is 28.6 Å². The molecule has 0 fully saturated rings. The number of fused-ring (bicyclic) bond motifs is 1. The number of pyridine rings is 1. The van der Waals surface area contributed by atoms with Gasteiger partial charge in [-0.15, -0.1) is 0 Å². The minimum absolute atomic E-state index is 0.298. The number of hydrogen-bond donors (Lipinski definition) is 2. The van der Waals surface area contributed by atoms with Crippen LogP contribution >= 0.6 is 0 Å². The second-order valence-corrected chi connectivity index (χ2v) is 5.30. The number of benzene rings is 1. The molecule has 1 aromatic carbocycles. The highest BCUT2D eigenvalue weighted by atomic mass is 16.5. The van der Waals surface area contributed by atoms with Gasteiger partial charge in [0, 0.05) is 18.0 Å². The van der Waals surface area contributed by atoms with E-state index >= 15 is 0 Å². The molecule has 112 valence electrons. The number of nitrogen functional groups attached to an aromatic ring is 1. The Morgan fingerprint density at radius 2 is 2.05 bits per heavy atom. The molecule has 0 bridgehead atoms. The minimum atomic E-state index is -0.299. The molecule has 2 aromatic heterocycles. The molecular formula is C16H16N4O2. The first-order valence-electron chi connectivity index (χ1n) is 6.96. The van der Waals surface area contributed by atoms with E-state index in [-0.39, 0.29) is 5.56 Å². The van der Waals surface area contributed by atoms with Crippen molar-refractivity contribution in [3.63, 3.8) is 0 Å². The van der Waals surface area contributed by atoms with Crippen molar-refractivity contribution in [3.05, 3.63) is 52.6 Å². The van der Waals surface area contributed by atoms with Crippen molar-refractivity contribution in [3.8, 4) is 11.5 Å². The summed E-state index contributed by atoms with van der Waals surface area (Å²) in [6.07, 6.45) is 2.77. The van der Waals surface area contributed by atoms with E-state index in [2.05, 4.69) is 28.8 Å². The maximum atomic E-state index is 11.3. The summed E-state index contributed by atoms with van der Waals surface area (Å²) in [6, 6.07) is 7.25. The Morgan fingerprint density at radius 3 is 2.82 bits per heavy atom. The van der Waals surface area contributed by atoms with Crippen LogP contribution in [-0.2, 0) is 0 Å². The lowest BCUT2D eigenvalue weighted by Gasteiger charge is -2.13. The topological polar surface area (TPSA) is 93.9 Å². The lowest BCUT2D eigenvalue weighted by molar-refractivity contribution is 0.485. The molecule has 0 atom stereocenters. The Labute approximate surface area is 127 Å². The summed E-state index contributed by atoms with van der Waals surface area (Å²) in [6.45, 7) is 4.15. The largest absolute Gasteiger partial charge is 0.455 e. The summed E-state index contributed by atoms with van der Waals surface area (Å²) < 4.78 is 5.90. The predicted octanol–water partition coefficient (Wildman–Crippen LogP) is 2.82. The number of anilines is 1. The van der Waals surface area contributed by atoms with Crippen molar-refractivity contribution >= 4 is 16.9 Å². The summed E-state index contributed by atoms with van der Waals surface area (Å²) in [7, 11) is 0. The van der Waals surface area contributed by atoms with Crippen LogP contribution in [0.1, 0.15) is 25.3 Å². The number of nitrogens with two attached hydrogens (primary N) is 1. The number of hydrogen-bond acceptors (Lipinski definition) is 5. The number of nitrogens with zero attached hydrogens (tertiary/aromatic N) is 2. The first-order chi connectivity index (χ1) is 10.5. The van der Waals surface area contributed by atoms with Crippen molar-refractivity contribution in [2.45, 2.75) is 19.8 Å². The Balaban J connectivity index is 2.03. The standard InChI is InChI=1S/C16H16N4O2/c1-9(2)11-7-10(3-4-12(11)17)22-13-5-6-18-16-15(13)19-8-14(21)20-16/h3-9H,17H2,1-2H3,(H,18,20,21). The lowest BCUT2D eigenvalue weighted by Crippen LogP contribution is -2.06. The van der Waals surface area contributed by atoms with Gasteiger partial charge in [0.25, 0.3) is 5.56 Å². The molecule has 0 unspecified atom stereocenters. The van der Waals surface area contributed by atoms with Crippen LogP contribution in [0.5, 0.6) is 11.5 Å². The summed E-state index contributed by atoms with van der Waals surface area (Å²) in [5.41, 5.74) is 8.34. The summed E-state index contributed by atoms with van der Waals surface area (Å²) >= 11 is 0. The van der Waals surface area contributed by atoms with Crippen LogP contribution in [0.4, 0.5) is 5.69 Å². The highest BCUT2D eigenvalue weighted by molar-refractivity contribution is 5.77. The molecule has 0 aliphatic carbocycles. The number of rotatable bonds is 3. The molecule has 2 heterocycles. The molecule has 0 radical (unpaired) electrons. The van der Waals surface area contributed by atoms with Gasteiger partial charge in [-0.05, 0) is 29.7 Å². The highest BCUT2D eigenvalue weighted by Crippen LogP contribution is 2.31. The highest BCUT2D eigenvalue weighted by Gasteiger charge is 2.10. The van der Waals surface area contributed by atoms with Crippen LogP contribution < -0.4 is 16.0 Å². The van der Waals surface area contributed by atoms with Crippen molar-refractivity contribution in [2.75, 3.05) is 5.73 Å². The number of aromatic amines is 1. The maximum absolute atomic E-state index is 11.3. The van der Waals surface area contributed by atoms with E-state index < -0.39 is 0 Å². The van der Waals surface area contributed by atoms with Gasteiger partial charge in [0.15, 0.2) is 11.4 Å². The zero-order chi connectivity index (χ0) is 15.7. The molecule has 0 amide bonds. The Morgan fingerprint density at radius 1 is 1.23 bits per heavy atom. The summed E-state index contributed by atoms with van der Waals surface area (Å²) in [4.78, 5) is 22.1. The molecule has 3 rings (SSSR count). The van der Waals surface area contributed by atoms with E-state index in [0.717, 1.165) is 11.3 Å².